The quantitative estimate of drug-likeness (QED) is 0.720. The zero-order valence-corrected chi connectivity index (χ0v) is 14.7. The second-order valence-electron chi connectivity index (χ2n) is 7.40. The predicted octanol–water partition coefficient (Wildman–Crippen LogP) is 3.44. The molecule has 2 aromatic heterocycles. The fraction of sp³-hybridized carbons (Fsp3) is 0.350. The van der Waals surface area contributed by atoms with Crippen LogP contribution in [0.5, 0.6) is 5.75 Å². The summed E-state index contributed by atoms with van der Waals surface area (Å²) in [4.78, 5) is 22.1. The van der Waals surface area contributed by atoms with E-state index in [0.717, 1.165) is 47.7 Å². The summed E-state index contributed by atoms with van der Waals surface area (Å²) in [6, 6.07) is 9.42. The van der Waals surface area contributed by atoms with E-state index in [9.17, 15) is 4.79 Å². The summed E-state index contributed by atoms with van der Waals surface area (Å²) in [5.41, 5.74) is 2.66. The number of benzene rings is 1. The molecule has 4 rings (SSSR count). The van der Waals surface area contributed by atoms with Crippen molar-refractivity contribution in [2.75, 3.05) is 7.11 Å². The molecule has 25 heavy (non-hydrogen) atoms. The first-order chi connectivity index (χ1) is 12.0. The van der Waals surface area contributed by atoms with Gasteiger partial charge in [0.1, 0.15) is 11.6 Å². The molecule has 0 amide bonds. The van der Waals surface area contributed by atoms with Crippen LogP contribution in [0, 0.1) is 5.41 Å². The summed E-state index contributed by atoms with van der Waals surface area (Å²) < 4.78 is 7.11. The molecule has 3 aromatic rings. The predicted molar refractivity (Wildman–Crippen MR) is 97.9 cm³/mol. The molecule has 0 unspecified atom stereocenters. The van der Waals surface area contributed by atoms with Crippen LogP contribution in [0.25, 0.3) is 22.2 Å². The smallest absolute Gasteiger partial charge is 0.261 e. The van der Waals surface area contributed by atoms with Gasteiger partial charge in [-0.2, -0.15) is 0 Å². The molecule has 0 spiro atoms. The number of ether oxygens (including phenoxy) is 1. The molecule has 0 N–H and O–H groups in total. The van der Waals surface area contributed by atoms with Gasteiger partial charge in [-0.1, -0.05) is 19.9 Å². The van der Waals surface area contributed by atoms with E-state index in [1.54, 1.807) is 13.3 Å². The molecule has 5 nitrogen and oxygen atoms in total. The van der Waals surface area contributed by atoms with E-state index in [4.69, 9.17) is 9.72 Å². The fourth-order valence-electron chi connectivity index (χ4n) is 3.43. The standard InChI is InChI=1S/C20H21N3O2/c1-20(2)8-6-18-22-17-10-13(16-11-14(25-3)7-9-21-16)4-5-15(17)19(24)23(18)12-20/h4-5,7,9-11H,6,8,12H2,1-3H3. The Morgan fingerprint density at radius 3 is 2.84 bits per heavy atom. The van der Waals surface area contributed by atoms with Gasteiger partial charge < -0.3 is 4.74 Å². The van der Waals surface area contributed by atoms with Gasteiger partial charge >= 0.3 is 0 Å². The summed E-state index contributed by atoms with van der Waals surface area (Å²) in [6.45, 7) is 5.12. The number of methoxy groups -OCH3 is 1. The minimum absolute atomic E-state index is 0.0536. The van der Waals surface area contributed by atoms with Gasteiger partial charge in [-0.05, 0) is 30.0 Å². The van der Waals surface area contributed by atoms with Gasteiger partial charge in [-0.25, -0.2) is 4.98 Å². The second-order valence-corrected chi connectivity index (χ2v) is 7.40. The van der Waals surface area contributed by atoms with Crippen LogP contribution in [0.3, 0.4) is 0 Å². The lowest BCUT2D eigenvalue weighted by molar-refractivity contribution is 0.240. The third kappa shape index (κ3) is 2.80. The summed E-state index contributed by atoms with van der Waals surface area (Å²) in [7, 11) is 1.63. The molecular weight excluding hydrogens is 314 g/mol. The van der Waals surface area contributed by atoms with Gasteiger partial charge in [0.05, 0.1) is 23.7 Å². The third-order valence-corrected chi connectivity index (χ3v) is 4.91. The van der Waals surface area contributed by atoms with Crippen molar-refractivity contribution in [2.45, 2.75) is 33.2 Å². The van der Waals surface area contributed by atoms with E-state index in [1.165, 1.54) is 0 Å². The first-order valence-corrected chi connectivity index (χ1v) is 8.51. The van der Waals surface area contributed by atoms with Crippen LogP contribution in [-0.4, -0.2) is 21.6 Å². The van der Waals surface area contributed by atoms with E-state index in [0.29, 0.717) is 5.39 Å². The summed E-state index contributed by atoms with van der Waals surface area (Å²) in [5, 5.41) is 0.660. The molecule has 0 fully saturated rings. The Hall–Kier alpha value is -2.69. The number of nitrogens with zero attached hydrogens (tertiary/aromatic N) is 3. The summed E-state index contributed by atoms with van der Waals surface area (Å²) in [6.07, 6.45) is 3.59. The van der Waals surface area contributed by atoms with Crippen molar-refractivity contribution in [1.29, 1.82) is 0 Å². The molecule has 0 radical (unpaired) electrons. The molecule has 5 heteroatoms. The number of rotatable bonds is 2. The van der Waals surface area contributed by atoms with E-state index in [2.05, 4.69) is 18.8 Å². The molecule has 128 valence electrons. The van der Waals surface area contributed by atoms with Crippen molar-refractivity contribution in [2.24, 2.45) is 5.41 Å². The molecular formula is C20H21N3O2. The minimum Gasteiger partial charge on any atom is -0.497 e. The van der Waals surface area contributed by atoms with Crippen molar-refractivity contribution < 1.29 is 4.74 Å². The van der Waals surface area contributed by atoms with E-state index >= 15 is 0 Å². The summed E-state index contributed by atoms with van der Waals surface area (Å²) in [5.74, 6) is 1.64. The van der Waals surface area contributed by atoms with Crippen LogP contribution >= 0.6 is 0 Å². The maximum absolute atomic E-state index is 12.9. The van der Waals surface area contributed by atoms with Crippen LogP contribution in [0.15, 0.2) is 41.3 Å². The van der Waals surface area contributed by atoms with Crippen molar-refractivity contribution in [3.8, 4) is 17.0 Å². The van der Waals surface area contributed by atoms with Crippen molar-refractivity contribution >= 4 is 10.9 Å². The van der Waals surface area contributed by atoms with Gasteiger partial charge in [0.15, 0.2) is 0 Å². The maximum Gasteiger partial charge on any atom is 0.261 e. The first-order valence-electron chi connectivity index (χ1n) is 8.51. The molecule has 1 aliphatic rings. The largest absolute Gasteiger partial charge is 0.497 e. The van der Waals surface area contributed by atoms with Crippen LogP contribution in [0.2, 0.25) is 0 Å². The Morgan fingerprint density at radius 1 is 1.20 bits per heavy atom. The highest BCUT2D eigenvalue weighted by Gasteiger charge is 2.27. The number of fused-ring (bicyclic) bond motifs is 2. The van der Waals surface area contributed by atoms with E-state index in [-0.39, 0.29) is 11.0 Å². The summed E-state index contributed by atoms with van der Waals surface area (Å²) >= 11 is 0. The van der Waals surface area contributed by atoms with Crippen molar-refractivity contribution in [1.82, 2.24) is 14.5 Å². The zero-order valence-electron chi connectivity index (χ0n) is 14.7. The van der Waals surface area contributed by atoms with E-state index in [1.807, 2.05) is 34.9 Å². The molecule has 0 bridgehead atoms. The van der Waals surface area contributed by atoms with Gasteiger partial charge in [0, 0.05) is 30.8 Å². The minimum atomic E-state index is 0.0536. The number of hydrogen-bond donors (Lipinski definition) is 0. The average molecular weight is 335 g/mol. The van der Waals surface area contributed by atoms with Gasteiger partial charge in [0.2, 0.25) is 0 Å². The van der Waals surface area contributed by atoms with Crippen molar-refractivity contribution in [3.05, 3.63) is 52.7 Å². The molecule has 1 aromatic carbocycles. The normalized spacial score (nSPS) is 15.8. The molecule has 0 aliphatic carbocycles. The van der Waals surface area contributed by atoms with Gasteiger partial charge in [0.25, 0.3) is 5.56 Å². The molecule has 0 atom stereocenters. The lowest BCUT2D eigenvalue weighted by Gasteiger charge is -2.31. The number of hydrogen-bond acceptors (Lipinski definition) is 4. The lowest BCUT2D eigenvalue weighted by atomic mass is 9.85. The third-order valence-electron chi connectivity index (χ3n) is 4.91. The highest BCUT2D eigenvalue weighted by atomic mass is 16.5. The SMILES string of the molecule is COc1ccnc(-c2ccc3c(=O)n4c(nc3c2)CCC(C)(C)C4)c1. The number of aromatic nitrogens is 3. The maximum atomic E-state index is 12.9. The molecule has 3 heterocycles. The van der Waals surface area contributed by atoms with Crippen LogP contribution in [0.1, 0.15) is 26.1 Å². The Morgan fingerprint density at radius 2 is 2.04 bits per heavy atom. The van der Waals surface area contributed by atoms with Gasteiger partial charge in [-0.3, -0.25) is 14.3 Å². The van der Waals surface area contributed by atoms with E-state index < -0.39 is 0 Å². The molecule has 1 aliphatic heterocycles. The lowest BCUT2D eigenvalue weighted by Crippen LogP contribution is -2.36. The Balaban J connectivity index is 1.86. The highest BCUT2D eigenvalue weighted by molar-refractivity contribution is 5.83. The van der Waals surface area contributed by atoms with Crippen LogP contribution < -0.4 is 10.3 Å². The highest BCUT2D eigenvalue weighted by Crippen LogP contribution is 2.30. The van der Waals surface area contributed by atoms with Crippen LogP contribution in [-0.2, 0) is 13.0 Å². The zero-order chi connectivity index (χ0) is 17.6. The number of aryl methyl sites for hydroxylation is 1. The first kappa shape index (κ1) is 15.8. The molecule has 0 saturated heterocycles. The second kappa shape index (κ2) is 5.69. The van der Waals surface area contributed by atoms with Crippen LogP contribution in [0.4, 0.5) is 0 Å². The molecule has 0 saturated carbocycles. The number of pyridine rings is 1. The average Bonchev–Trinajstić information content (AvgIpc) is 2.62. The Kier molecular flexibility index (Phi) is 3.60. The fourth-order valence-corrected chi connectivity index (χ4v) is 3.43. The Labute approximate surface area is 146 Å². The van der Waals surface area contributed by atoms with Crippen molar-refractivity contribution in [3.63, 3.8) is 0 Å². The topological polar surface area (TPSA) is 57.0 Å². The monoisotopic (exact) mass is 335 g/mol. The van der Waals surface area contributed by atoms with Gasteiger partial charge in [-0.15, -0.1) is 0 Å². The Bertz CT molecular complexity index is 1020.